The second kappa shape index (κ2) is 6.78. The van der Waals surface area contributed by atoms with Crippen molar-refractivity contribution in [2.45, 2.75) is 20.8 Å². The molecule has 0 bridgehead atoms. The summed E-state index contributed by atoms with van der Waals surface area (Å²) in [5, 5.41) is 0.353. The van der Waals surface area contributed by atoms with Crippen LogP contribution in [0.3, 0.4) is 0 Å². The summed E-state index contributed by atoms with van der Waals surface area (Å²) in [6, 6.07) is 4.16. The molecule has 1 amide bonds. The van der Waals surface area contributed by atoms with E-state index in [4.69, 9.17) is 4.74 Å². The first kappa shape index (κ1) is 15.0. The number of nitrogens with zero attached hydrogens (tertiary/aromatic N) is 1. The number of hydrogen-bond acceptors (Lipinski definition) is 2. The minimum atomic E-state index is 0.0660. The van der Waals surface area contributed by atoms with Gasteiger partial charge >= 0.3 is 0 Å². The highest BCUT2D eigenvalue weighted by atomic mass is 79.9. The number of carbonyl (C=O) groups is 1. The molecule has 0 saturated carbocycles. The van der Waals surface area contributed by atoms with Crippen molar-refractivity contribution in [1.29, 1.82) is 0 Å². The average molecular weight is 314 g/mol. The minimum absolute atomic E-state index is 0.0660. The zero-order valence-corrected chi connectivity index (χ0v) is 13.0. The van der Waals surface area contributed by atoms with Gasteiger partial charge in [-0.1, -0.05) is 28.1 Å². The van der Waals surface area contributed by atoms with E-state index in [-0.39, 0.29) is 5.91 Å². The molecule has 0 saturated heterocycles. The standard InChI is InChI=1S/C14H20BrNO2/c1-10-5-6-11(2)14(12(10)3)18-8-7-16(4)13(17)9-15/h5-6H,7-9H2,1-4H3. The third-order valence-corrected chi connectivity index (χ3v) is 3.57. The van der Waals surface area contributed by atoms with Crippen LogP contribution in [0, 0.1) is 20.8 Å². The first-order valence-corrected chi connectivity index (χ1v) is 7.09. The highest BCUT2D eigenvalue weighted by molar-refractivity contribution is 9.09. The van der Waals surface area contributed by atoms with Gasteiger partial charge in [0.1, 0.15) is 12.4 Å². The summed E-state index contributed by atoms with van der Waals surface area (Å²) in [6.45, 7) is 7.28. The van der Waals surface area contributed by atoms with E-state index in [9.17, 15) is 4.79 Å². The minimum Gasteiger partial charge on any atom is -0.491 e. The molecule has 0 radical (unpaired) electrons. The highest BCUT2D eigenvalue weighted by Gasteiger charge is 2.09. The average Bonchev–Trinajstić information content (AvgIpc) is 2.36. The van der Waals surface area contributed by atoms with Gasteiger partial charge in [0, 0.05) is 7.05 Å². The van der Waals surface area contributed by atoms with Crippen LogP contribution < -0.4 is 4.74 Å². The van der Waals surface area contributed by atoms with Crippen LogP contribution in [0.4, 0.5) is 0 Å². The number of halogens is 1. The number of likely N-dealkylation sites (N-methyl/N-ethyl adjacent to an activating group) is 1. The Bertz CT molecular complexity index is 432. The lowest BCUT2D eigenvalue weighted by Gasteiger charge is -2.18. The molecule has 4 heteroatoms. The van der Waals surface area contributed by atoms with Crippen LogP contribution in [-0.4, -0.2) is 36.3 Å². The summed E-state index contributed by atoms with van der Waals surface area (Å²) < 4.78 is 5.80. The molecule has 1 rings (SSSR count). The fraction of sp³-hybridized carbons (Fsp3) is 0.500. The van der Waals surface area contributed by atoms with E-state index in [1.807, 2.05) is 6.92 Å². The van der Waals surface area contributed by atoms with Crippen molar-refractivity contribution in [3.05, 3.63) is 28.8 Å². The zero-order chi connectivity index (χ0) is 13.7. The predicted molar refractivity (Wildman–Crippen MR) is 77.6 cm³/mol. The molecule has 0 fully saturated rings. The molecule has 18 heavy (non-hydrogen) atoms. The molecule has 3 nitrogen and oxygen atoms in total. The van der Waals surface area contributed by atoms with Crippen LogP contribution in [0.25, 0.3) is 0 Å². The normalized spacial score (nSPS) is 10.3. The molecule has 1 aromatic carbocycles. The number of hydrogen-bond donors (Lipinski definition) is 0. The number of rotatable bonds is 5. The lowest BCUT2D eigenvalue weighted by Crippen LogP contribution is -2.31. The van der Waals surface area contributed by atoms with Gasteiger partial charge in [0.25, 0.3) is 0 Å². The van der Waals surface area contributed by atoms with Crippen molar-refractivity contribution in [1.82, 2.24) is 4.90 Å². The van der Waals surface area contributed by atoms with E-state index in [1.165, 1.54) is 11.1 Å². The predicted octanol–water partition coefficient (Wildman–Crippen LogP) is 2.84. The molecule has 0 aliphatic carbocycles. The Kier molecular flexibility index (Phi) is 5.66. The van der Waals surface area contributed by atoms with Gasteiger partial charge in [0.2, 0.25) is 5.91 Å². The topological polar surface area (TPSA) is 29.5 Å². The fourth-order valence-corrected chi connectivity index (χ4v) is 2.09. The number of aryl methyl sites for hydroxylation is 2. The molecule has 0 unspecified atom stereocenters. The molecule has 0 N–H and O–H groups in total. The third-order valence-electron chi connectivity index (χ3n) is 3.09. The Morgan fingerprint density at radius 1 is 1.28 bits per heavy atom. The fourth-order valence-electron chi connectivity index (χ4n) is 1.66. The van der Waals surface area contributed by atoms with Crippen LogP contribution in [0.1, 0.15) is 16.7 Å². The number of benzene rings is 1. The maximum Gasteiger partial charge on any atom is 0.233 e. The van der Waals surface area contributed by atoms with Crippen molar-refractivity contribution < 1.29 is 9.53 Å². The SMILES string of the molecule is Cc1ccc(C)c(OCCN(C)C(=O)CBr)c1C. The van der Waals surface area contributed by atoms with Crippen LogP contribution in [0.15, 0.2) is 12.1 Å². The van der Waals surface area contributed by atoms with Crippen molar-refractivity contribution >= 4 is 21.8 Å². The van der Waals surface area contributed by atoms with Crippen molar-refractivity contribution in [2.75, 3.05) is 25.5 Å². The maximum absolute atomic E-state index is 11.4. The van der Waals surface area contributed by atoms with Crippen LogP contribution in [0.5, 0.6) is 5.75 Å². The molecular weight excluding hydrogens is 294 g/mol. The molecular formula is C14H20BrNO2. The lowest BCUT2D eigenvalue weighted by atomic mass is 10.1. The molecule has 1 aromatic rings. The van der Waals surface area contributed by atoms with E-state index in [2.05, 4.69) is 41.9 Å². The second-order valence-electron chi connectivity index (χ2n) is 4.45. The van der Waals surface area contributed by atoms with E-state index in [1.54, 1.807) is 11.9 Å². The third kappa shape index (κ3) is 3.73. The molecule has 0 aliphatic heterocycles. The van der Waals surface area contributed by atoms with Gasteiger partial charge in [-0.15, -0.1) is 0 Å². The van der Waals surface area contributed by atoms with E-state index < -0.39 is 0 Å². The van der Waals surface area contributed by atoms with Gasteiger partial charge in [0.15, 0.2) is 0 Å². The van der Waals surface area contributed by atoms with Gasteiger partial charge in [-0.2, -0.15) is 0 Å². The van der Waals surface area contributed by atoms with Crippen molar-refractivity contribution in [2.24, 2.45) is 0 Å². The summed E-state index contributed by atoms with van der Waals surface area (Å²) in [4.78, 5) is 13.0. The largest absolute Gasteiger partial charge is 0.491 e. The Morgan fingerprint density at radius 2 is 1.89 bits per heavy atom. The molecule has 0 aliphatic rings. The summed E-state index contributed by atoms with van der Waals surface area (Å²) in [6.07, 6.45) is 0. The summed E-state index contributed by atoms with van der Waals surface area (Å²) in [5.74, 6) is 1.01. The van der Waals surface area contributed by atoms with Crippen molar-refractivity contribution in [3.8, 4) is 5.75 Å². The number of amides is 1. The quantitative estimate of drug-likeness (QED) is 0.782. The Balaban J connectivity index is 2.59. The maximum atomic E-state index is 11.4. The number of ether oxygens (including phenoxy) is 1. The van der Waals surface area contributed by atoms with Gasteiger partial charge in [0.05, 0.1) is 11.9 Å². The van der Waals surface area contributed by atoms with Gasteiger partial charge < -0.3 is 9.64 Å². The van der Waals surface area contributed by atoms with Crippen LogP contribution >= 0.6 is 15.9 Å². The van der Waals surface area contributed by atoms with E-state index in [0.717, 1.165) is 11.3 Å². The molecule has 0 aromatic heterocycles. The molecule has 0 spiro atoms. The Morgan fingerprint density at radius 3 is 2.50 bits per heavy atom. The van der Waals surface area contributed by atoms with Crippen molar-refractivity contribution in [3.63, 3.8) is 0 Å². The van der Waals surface area contributed by atoms with Crippen LogP contribution in [0.2, 0.25) is 0 Å². The molecule has 100 valence electrons. The van der Waals surface area contributed by atoms with Gasteiger partial charge in [-0.3, -0.25) is 4.79 Å². The number of alkyl halides is 1. The Hall–Kier alpha value is -1.03. The van der Waals surface area contributed by atoms with E-state index in [0.29, 0.717) is 18.5 Å². The first-order valence-electron chi connectivity index (χ1n) is 5.97. The smallest absolute Gasteiger partial charge is 0.233 e. The highest BCUT2D eigenvalue weighted by Crippen LogP contribution is 2.25. The van der Waals surface area contributed by atoms with Crippen LogP contribution in [-0.2, 0) is 4.79 Å². The molecule has 0 heterocycles. The van der Waals surface area contributed by atoms with E-state index >= 15 is 0 Å². The summed E-state index contributed by atoms with van der Waals surface area (Å²) in [5.41, 5.74) is 3.53. The van der Waals surface area contributed by atoms with Gasteiger partial charge in [-0.25, -0.2) is 0 Å². The monoisotopic (exact) mass is 313 g/mol. The zero-order valence-electron chi connectivity index (χ0n) is 11.4. The second-order valence-corrected chi connectivity index (χ2v) is 5.01. The van der Waals surface area contributed by atoms with Gasteiger partial charge in [-0.05, 0) is 37.5 Å². The Labute approximate surface area is 117 Å². The summed E-state index contributed by atoms with van der Waals surface area (Å²) in [7, 11) is 1.78. The molecule has 0 atom stereocenters. The number of carbonyl (C=O) groups excluding carboxylic acids is 1. The lowest BCUT2D eigenvalue weighted by molar-refractivity contribution is -0.127. The summed E-state index contributed by atoms with van der Waals surface area (Å²) >= 11 is 3.15. The first-order chi connectivity index (χ1) is 8.47.